The van der Waals surface area contributed by atoms with E-state index in [4.69, 9.17) is 11.6 Å². The first-order valence-corrected chi connectivity index (χ1v) is 7.69. The van der Waals surface area contributed by atoms with E-state index in [1.54, 1.807) is 29.8 Å². The van der Waals surface area contributed by atoms with Crippen molar-refractivity contribution in [3.05, 3.63) is 46.7 Å². The van der Waals surface area contributed by atoms with Crippen LogP contribution in [0.15, 0.2) is 30.5 Å². The van der Waals surface area contributed by atoms with Crippen molar-refractivity contribution < 1.29 is 14.7 Å². The molecule has 2 N–H and O–H groups in total. The highest BCUT2D eigenvalue weighted by molar-refractivity contribution is 6.30. The molecule has 0 saturated heterocycles. The lowest BCUT2D eigenvalue weighted by molar-refractivity contribution is -0.139. The highest BCUT2D eigenvalue weighted by atomic mass is 35.5. The lowest BCUT2D eigenvalue weighted by atomic mass is 10.1. The van der Waals surface area contributed by atoms with Gasteiger partial charge in [0.05, 0.1) is 23.1 Å². The second-order valence-corrected chi connectivity index (χ2v) is 6.10. The van der Waals surface area contributed by atoms with Gasteiger partial charge in [-0.05, 0) is 43.9 Å². The van der Waals surface area contributed by atoms with E-state index in [2.05, 4.69) is 10.4 Å². The Morgan fingerprint density at radius 3 is 2.78 bits per heavy atom. The van der Waals surface area contributed by atoms with Crippen molar-refractivity contribution in [3.8, 4) is 5.69 Å². The van der Waals surface area contributed by atoms with Gasteiger partial charge in [0.2, 0.25) is 0 Å². The summed E-state index contributed by atoms with van der Waals surface area (Å²) in [4.78, 5) is 23.6. The monoisotopic (exact) mass is 333 g/mol. The number of halogens is 1. The molecule has 6 nitrogen and oxygen atoms in total. The summed E-state index contributed by atoms with van der Waals surface area (Å²) in [7, 11) is 0. The lowest BCUT2D eigenvalue weighted by Crippen LogP contribution is -2.42. The van der Waals surface area contributed by atoms with Gasteiger partial charge in [0.1, 0.15) is 6.04 Å². The zero-order valence-electron chi connectivity index (χ0n) is 12.5. The molecule has 1 fully saturated rings. The Morgan fingerprint density at radius 1 is 1.43 bits per heavy atom. The Kier molecular flexibility index (Phi) is 4.09. The number of carboxylic acid groups (broad SMARTS) is 1. The normalized spacial score (nSPS) is 15.2. The van der Waals surface area contributed by atoms with E-state index in [0.29, 0.717) is 16.3 Å². The predicted octanol–water partition coefficient (Wildman–Crippen LogP) is 2.43. The zero-order chi connectivity index (χ0) is 16.6. The number of hydrogen-bond acceptors (Lipinski definition) is 3. The average Bonchev–Trinajstić information content (AvgIpc) is 3.26. The highest BCUT2D eigenvalue weighted by Crippen LogP contribution is 2.33. The minimum absolute atomic E-state index is 0.0275. The van der Waals surface area contributed by atoms with Gasteiger partial charge in [0, 0.05) is 5.02 Å². The number of carbonyl (C=O) groups excluding carboxylic acids is 1. The first-order valence-electron chi connectivity index (χ1n) is 7.31. The molecule has 120 valence electrons. The second kappa shape index (κ2) is 6.04. The summed E-state index contributed by atoms with van der Waals surface area (Å²) in [6, 6.07) is 6.29. The van der Waals surface area contributed by atoms with E-state index in [1.165, 1.54) is 6.20 Å². The molecule has 1 aliphatic carbocycles. The maximum Gasteiger partial charge on any atom is 0.326 e. The first kappa shape index (κ1) is 15.6. The fourth-order valence-corrected chi connectivity index (χ4v) is 2.71. The number of benzene rings is 1. The molecule has 1 heterocycles. The van der Waals surface area contributed by atoms with Crippen LogP contribution in [0.1, 0.15) is 28.9 Å². The molecule has 3 rings (SSSR count). The van der Waals surface area contributed by atoms with Crippen molar-refractivity contribution in [1.82, 2.24) is 15.1 Å². The molecule has 1 aromatic heterocycles. The third kappa shape index (κ3) is 3.22. The minimum Gasteiger partial charge on any atom is -0.480 e. The van der Waals surface area contributed by atoms with Crippen LogP contribution < -0.4 is 5.32 Å². The molecule has 23 heavy (non-hydrogen) atoms. The number of carboxylic acids is 1. The molecular weight excluding hydrogens is 318 g/mol. The minimum atomic E-state index is -0.999. The molecule has 1 aliphatic rings. The fourth-order valence-electron chi connectivity index (χ4n) is 2.53. The molecule has 1 aromatic carbocycles. The van der Waals surface area contributed by atoms with Crippen LogP contribution in [0.2, 0.25) is 5.02 Å². The van der Waals surface area contributed by atoms with Gasteiger partial charge in [0.25, 0.3) is 5.91 Å². The van der Waals surface area contributed by atoms with Crippen molar-refractivity contribution in [3.63, 3.8) is 0 Å². The third-order valence-corrected chi connectivity index (χ3v) is 4.19. The van der Waals surface area contributed by atoms with E-state index >= 15 is 0 Å². The molecule has 0 spiro atoms. The van der Waals surface area contributed by atoms with Gasteiger partial charge >= 0.3 is 5.97 Å². The van der Waals surface area contributed by atoms with Crippen molar-refractivity contribution in [2.45, 2.75) is 25.8 Å². The zero-order valence-corrected chi connectivity index (χ0v) is 13.2. The van der Waals surface area contributed by atoms with E-state index in [-0.39, 0.29) is 5.92 Å². The maximum absolute atomic E-state index is 12.4. The van der Waals surface area contributed by atoms with Crippen LogP contribution in [0.5, 0.6) is 0 Å². The van der Waals surface area contributed by atoms with Gasteiger partial charge < -0.3 is 10.4 Å². The summed E-state index contributed by atoms with van der Waals surface area (Å²) < 4.78 is 1.60. The first-order chi connectivity index (χ1) is 11.0. The lowest BCUT2D eigenvalue weighted by Gasteiger charge is -2.13. The van der Waals surface area contributed by atoms with Crippen LogP contribution >= 0.6 is 11.6 Å². The number of amides is 1. The maximum atomic E-state index is 12.4. The van der Waals surface area contributed by atoms with E-state index < -0.39 is 17.9 Å². The molecule has 0 bridgehead atoms. The van der Waals surface area contributed by atoms with Gasteiger partial charge in [-0.15, -0.1) is 0 Å². The van der Waals surface area contributed by atoms with Crippen molar-refractivity contribution in [1.29, 1.82) is 0 Å². The second-order valence-electron chi connectivity index (χ2n) is 5.66. The van der Waals surface area contributed by atoms with Crippen LogP contribution in [0.3, 0.4) is 0 Å². The smallest absolute Gasteiger partial charge is 0.326 e. The number of aliphatic carboxylic acids is 1. The number of carbonyl (C=O) groups is 2. The number of nitrogens with zero attached hydrogens (tertiary/aromatic N) is 2. The molecule has 1 amide bonds. The number of rotatable bonds is 5. The molecule has 1 atom stereocenters. The summed E-state index contributed by atoms with van der Waals surface area (Å²) in [5, 5.41) is 16.6. The van der Waals surface area contributed by atoms with Gasteiger partial charge in [0.15, 0.2) is 0 Å². The molecular formula is C16H16ClN3O3. The third-order valence-electron chi connectivity index (χ3n) is 3.95. The molecule has 7 heteroatoms. The SMILES string of the molecule is Cc1c(C(=O)NC(C(=O)O)C2CC2)cnn1-c1cccc(Cl)c1. The van der Waals surface area contributed by atoms with Gasteiger partial charge in [-0.3, -0.25) is 4.79 Å². The summed E-state index contributed by atoms with van der Waals surface area (Å²) in [6.07, 6.45) is 3.10. The van der Waals surface area contributed by atoms with E-state index in [9.17, 15) is 14.7 Å². The fraction of sp³-hybridized carbons (Fsp3) is 0.312. The Morgan fingerprint density at radius 2 is 2.17 bits per heavy atom. The van der Waals surface area contributed by atoms with Crippen LogP contribution in [-0.4, -0.2) is 32.8 Å². The van der Waals surface area contributed by atoms with Gasteiger partial charge in [-0.1, -0.05) is 17.7 Å². The predicted molar refractivity (Wildman–Crippen MR) is 84.9 cm³/mol. The van der Waals surface area contributed by atoms with Crippen LogP contribution in [-0.2, 0) is 4.79 Å². The van der Waals surface area contributed by atoms with Crippen molar-refractivity contribution in [2.75, 3.05) is 0 Å². The Balaban J connectivity index is 1.83. The summed E-state index contributed by atoms with van der Waals surface area (Å²) in [6.45, 7) is 1.76. The topological polar surface area (TPSA) is 84.2 Å². The summed E-state index contributed by atoms with van der Waals surface area (Å²) in [5.74, 6) is -1.39. The molecule has 0 aliphatic heterocycles. The number of aromatic nitrogens is 2. The quantitative estimate of drug-likeness (QED) is 0.880. The Bertz CT molecular complexity index is 768. The Hall–Kier alpha value is -2.34. The van der Waals surface area contributed by atoms with Crippen molar-refractivity contribution >= 4 is 23.5 Å². The van der Waals surface area contributed by atoms with Gasteiger partial charge in [-0.25, -0.2) is 9.48 Å². The average molecular weight is 334 g/mol. The van der Waals surface area contributed by atoms with Gasteiger partial charge in [-0.2, -0.15) is 5.10 Å². The summed E-state index contributed by atoms with van der Waals surface area (Å²) in [5.41, 5.74) is 1.73. The Labute approximate surface area is 138 Å². The van der Waals surface area contributed by atoms with E-state index in [1.807, 2.05) is 6.07 Å². The van der Waals surface area contributed by atoms with Crippen LogP contribution in [0.4, 0.5) is 0 Å². The van der Waals surface area contributed by atoms with Crippen molar-refractivity contribution in [2.24, 2.45) is 5.92 Å². The largest absolute Gasteiger partial charge is 0.480 e. The molecule has 2 aromatic rings. The summed E-state index contributed by atoms with van der Waals surface area (Å²) >= 11 is 5.98. The number of nitrogens with one attached hydrogen (secondary N) is 1. The molecule has 0 radical (unpaired) electrons. The van der Waals surface area contributed by atoms with Crippen LogP contribution in [0, 0.1) is 12.8 Å². The van der Waals surface area contributed by atoms with E-state index in [0.717, 1.165) is 18.5 Å². The number of hydrogen-bond donors (Lipinski definition) is 2. The highest BCUT2D eigenvalue weighted by Gasteiger charge is 2.37. The molecule has 1 saturated carbocycles. The standard InChI is InChI=1S/C16H16ClN3O3/c1-9-13(15(21)19-14(16(22)23)10-5-6-10)8-18-20(9)12-4-2-3-11(17)7-12/h2-4,7-8,10,14H,5-6H2,1H3,(H,19,21)(H,22,23). The molecule has 1 unspecified atom stereocenters. The van der Waals surface area contributed by atoms with Crippen LogP contribution in [0.25, 0.3) is 5.69 Å².